The van der Waals surface area contributed by atoms with Gasteiger partial charge in [0.25, 0.3) is 0 Å². The third-order valence-electron chi connectivity index (χ3n) is 2.82. The van der Waals surface area contributed by atoms with Gasteiger partial charge in [0.1, 0.15) is 0 Å². The second-order valence-corrected chi connectivity index (χ2v) is 4.16. The lowest BCUT2D eigenvalue weighted by Crippen LogP contribution is -2.45. The zero-order chi connectivity index (χ0) is 11.2. The highest BCUT2D eigenvalue weighted by molar-refractivity contribution is 5.85. The monoisotopic (exact) mass is 294 g/mol. The van der Waals surface area contributed by atoms with E-state index in [1.165, 1.54) is 0 Å². The first-order valence-electron chi connectivity index (χ1n) is 5.80. The predicted octanol–water partition coefficient (Wildman–Crippen LogP) is 0.985. The van der Waals surface area contributed by atoms with Crippen LogP contribution >= 0.6 is 24.8 Å². The van der Waals surface area contributed by atoms with E-state index in [2.05, 4.69) is 15.6 Å². The Labute approximate surface area is 120 Å². The number of hydrogen-bond donors (Lipinski definition) is 2. The summed E-state index contributed by atoms with van der Waals surface area (Å²) in [6, 6.07) is 0.309. The highest BCUT2D eigenvalue weighted by Gasteiger charge is 2.14. The third kappa shape index (κ3) is 5.71. The molecule has 5 nitrogen and oxygen atoms in total. The minimum absolute atomic E-state index is 0. The molecule has 1 aromatic rings. The number of rotatable bonds is 4. The molecular formula is C11H20Cl2N4O. The quantitative estimate of drug-likeness (QED) is 0.871. The highest BCUT2D eigenvalue weighted by atomic mass is 35.5. The smallest absolute Gasteiger partial charge is 0.222 e. The molecule has 18 heavy (non-hydrogen) atoms. The lowest BCUT2D eigenvalue weighted by atomic mass is 10.1. The van der Waals surface area contributed by atoms with Gasteiger partial charge in [-0.15, -0.1) is 24.8 Å². The van der Waals surface area contributed by atoms with E-state index in [4.69, 9.17) is 0 Å². The van der Waals surface area contributed by atoms with Gasteiger partial charge in [-0.3, -0.25) is 4.79 Å². The number of aromatic nitrogens is 2. The van der Waals surface area contributed by atoms with Crippen molar-refractivity contribution in [1.82, 2.24) is 20.2 Å². The fourth-order valence-electron chi connectivity index (χ4n) is 1.92. The summed E-state index contributed by atoms with van der Waals surface area (Å²) in [4.78, 5) is 15.6. The van der Waals surface area contributed by atoms with E-state index < -0.39 is 0 Å². The van der Waals surface area contributed by atoms with Gasteiger partial charge in [-0.2, -0.15) is 0 Å². The van der Waals surface area contributed by atoms with Crippen LogP contribution in [0.5, 0.6) is 0 Å². The van der Waals surface area contributed by atoms with Crippen LogP contribution in [-0.2, 0) is 11.3 Å². The summed E-state index contributed by atoms with van der Waals surface area (Å²) in [5, 5.41) is 6.33. The largest absolute Gasteiger partial charge is 0.352 e. The van der Waals surface area contributed by atoms with Gasteiger partial charge in [-0.05, 0) is 19.4 Å². The summed E-state index contributed by atoms with van der Waals surface area (Å²) >= 11 is 0. The Balaban J connectivity index is 0.00000144. The van der Waals surface area contributed by atoms with Crippen molar-refractivity contribution in [3.05, 3.63) is 18.7 Å². The first kappa shape index (κ1) is 17.2. The lowest BCUT2D eigenvalue weighted by Gasteiger charge is -2.23. The maximum Gasteiger partial charge on any atom is 0.222 e. The van der Waals surface area contributed by atoms with Gasteiger partial charge >= 0.3 is 0 Å². The van der Waals surface area contributed by atoms with Gasteiger partial charge in [0, 0.05) is 37.9 Å². The van der Waals surface area contributed by atoms with Crippen LogP contribution in [0.4, 0.5) is 0 Å². The second kappa shape index (κ2) is 9.19. The number of nitrogens with zero attached hydrogens (tertiary/aromatic N) is 2. The van der Waals surface area contributed by atoms with E-state index in [9.17, 15) is 4.79 Å². The molecule has 0 aromatic carbocycles. The molecule has 0 bridgehead atoms. The number of imidazole rings is 1. The van der Waals surface area contributed by atoms with Gasteiger partial charge in [0.15, 0.2) is 0 Å². The molecule has 0 radical (unpaired) electrons. The van der Waals surface area contributed by atoms with Crippen molar-refractivity contribution < 1.29 is 4.79 Å². The van der Waals surface area contributed by atoms with E-state index in [0.29, 0.717) is 19.0 Å². The molecule has 2 N–H and O–H groups in total. The molecule has 1 aliphatic rings. The Morgan fingerprint density at radius 3 is 2.94 bits per heavy atom. The predicted molar refractivity (Wildman–Crippen MR) is 75.4 cm³/mol. The van der Waals surface area contributed by atoms with Crippen LogP contribution in [0.15, 0.2) is 18.7 Å². The average Bonchev–Trinajstić information content (AvgIpc) is 2.81. The van der Waals surface area contributed by atoms with Crippen molar-refractivity contribution >= 4 is 30.7 Å². The van der Waals surface area contributed by atoms with Crippen LogP contribution in [0.2, 0.25) is 0 Å². The van der Waals surface area contributed by atoms with Crippen LogP contribution in [-0.4, -0.2) is 34.6 Å². The van der Waals surface area contributed by atoms with Gasteiger partial charge in [-0.1, -0.05) is 0 Å². The molecule has 2 heterocycles. The van der Waals surface area contributed by atoms with E-state index in [-0.39, 0.29) is 30.7 Å². The maximum absolute atomic E-state index is 11.6. The van der Waals surface area contributed by atoms with E-state index >= 15 is 0 Å². The van der Waals surface area contributed by atoms with E-state index in [1.54, 1.807) is 12.5 Å². The molecule has 1 atom stereocenters. The second-order valence-electron chi connectivity index (χ2n) is 4.16. The number of nitrogens with one attached hydrogen (secondary N) is 2. The molecule has 1 unspecified atom stereocenters. The van der Waals surface area contributed by atoms with E-state index in [1.807, 2.05) is 10.8 Å². The molecule has 1 amide bonds. The summed E-state index contributed by atoms with van der Waals surface area (Å²) in [6.07, 6.45) is 8.08. The third-order valence-corrected chi connectivity index (χ3v) is 2.82. The Bertz CT molecular complexity index is 326. The zero-order valence-electron chi connectivity index (χ0n) is 10.2. The SMILES string of the molecule is Cl.Cl.O=C(CCn1ccnc1)NC1CCCNC1. The number of hydrogen-bond acceptors (Lipinski definition) is 3. The van der Waals surface area contributed by atoms with Crippen molar-refractivity contribution in [2.24, 2.45) is 0 Å². The first-order chi connectivity index (χ1) is 7.84. The number of piperidine rings is 1. The topological polar surface area (TPSA) is 59.0 Å². The molecule has 0 spiro atoms. The van der Waals surface area contributed by atoms with Gasteiger partial charge in [-0.25, -0.2) is 4.98 Å². The van der Waals surface area contributed by atoms with Crippen molar-refractivity contribution in [1.29, 1.82) is 0 Å². The zero-order valence-corrected chi connectivity index (χ0v) is 11.8. The van der Waals surface area contributed by atoms with Gasteiger partial charge in [0.2, 0.25) is 5.91 Å². The summed E-state index contributed by atoms with van der Waals surface area (Å²) < 4.78 is 1.92. The lowest BCUT2D eigenvalue weighted by molar-refractivity contribution is -0.122. The Hall–Kier alpha value is -0.780. The Morgan fingerprint density at radius 2 is 2.33 bits per heavy atom. The Morgan fingerprint density at radius 1 is 1.50 bits per heavy atom. The van der Waals surface area contributed by atoms with Gasteiger partial charge in [0.05, 0.1) is 6.33 Å². The van der Waals surface area contributed by atoms with Crippen molar-refractivity contribution in [3.63, 3.8) is 0 Å². The number of carbonyl (C=O) groups is 1. The number of carbonyl (C=O) groups excluding carboxylic acids is 1. The molecule has 1 fully saturated rings. The summed E-state index contributed by atoms with van der Waals surface area (Å²) in [5.74, 6) is 0.127. The van der Waals surface area contributed by atoms with Crippen molar-refractivity contribution in [2.45, 2.75) is 31.8 Å². The fourth-order valence-corrected chi connectivity index (χ4v) is 1.92. The number of amides is 1. The molecule has 2 rings (SSSR count). The molecule has 1 aliphatic heterocycles. The molecule has 104 valence electrons. The summed E-state index contributed by atoms with van der Waals surface area (Å²) in [6.45, 7) is 2.67. The minimum atomic E-state index is 0. The standard InChI is InChI=1S/C11H18N4O.2ClH/c16-11(3-6-15-7-5-13-9-15)14-10-2-1-4-12-8-10;;/h5,7,9-10,12H,1-4,6,8H2,(H,14,16);2*1H. The molecule has 0 aliphatic carbocycles. The van der Waals surface area contributed by atoms with Crippen LogP contribution in [0.25, 0.3) is 0 Å². The molecule has 1 aromatic heterocycles. The Kier molecular flexibility index (Phi) is 8.79. The molecule has 0 saturated carbocycles. The van der Waals surface area contributed by atoms with Crippen LogP contribution in [0.3, 0.4) is 0 Å². The van der Waals surface area contributed by atoms with Crippen molar-refractivity contribution in [2.75, 3.05) is 13.1 Å². The molecular weight excluding hydrogens is 275 g/mol. The van der Waals surface area contributed by atoms with Crippen LogP contribution < -0.4 is 10.6 Å². The summed E-state index contributed by atoms with van der Waals surface area (Å²) in [5.41, 5.74) is 0. The van der Waals surface area contributed by atoms with E-state index in [0.717, 1.165) is 25.9 Å². The molecule has 1 saturated heterocycles. The van der Waals surface area contributed by atoms with Crippen LogP contribution in [0, 0.1) is 0 Å². The fraction of sp³-hybridized carbons (Fsp3) is 0.636. The average molecular weight is 295 g/mol. The minimum Gasteiger partial charge on any atom is -0.352 e. The highest BCUT2D eigenvalue weighted by Crippen LogP contribution is 2.01. The van der Waals surface area contributed by atoms with Crippen LogP contribution in [0.1, 0.15) is 19.3 Å². The normalized spacial score (nSPS) is 18.3. The first-order valence-corrected chi connectivity index (χ1v) is 5.80. The van der Waals surface area contributed by atoms with Gasteiger partial charge < -0.3 is 15.2 Å². The summed E-state index contributed by atoms with van der Waals surface area (Å²) in [7, 11) is 0. The molecule has 7 heteroatoms. The maximum atomic E-state index is 11.6. The number of aryl methyl sites for hydroxylation is 1. The van der Waals surface area contributed by atoms with Crippen molar-refractivity contribution in [3.8, 4) is 0 Å². The number of halogens is 2.